The molecule has 0 rings (SSSR count). The van der Waals surface area contributed by atoms with E-state index in [0.29, 0.717) is 31.7 Å². The number of nitrogens with one attached hydrogen (secondary N) is 2. The van der Waals surface area contributed by atoms with Crippen molar-refractivity contribution in [1.29, 1.82) is 0 Å². The second-order valence-electron chi connectivity index (χ2n) is 4.01. The standard InChI is InChI=1S/C12H24N2O2/c1-5-6-10(2)11(3)14-9-12(15)13-7-8-16-4/h5,10-11,14H,1,6-9H2,2-4H3,(H,13,15). The van der Waals surface area contributed by atoms with E-state index in [1.54, 1.807) is 7.11 Å². The zero-order valence-electron chi connectivity index (χ0n) is 10.6. The molecule has 4 nitrogen and oxygen atoms in total. The zero-order chi connectivity index (χ0) is 12.4. The first kappa shape index (κ1) is 15.1. The highest BCUT2D eigenvalue weighted by atomic mass is 16.5. The van der Waals surface area contributed by atoms with Crippen molar-refractivity contribution in [3.05, 3.63) is 12.7 Å². The summed E-state index contributed by atoms with van der Waals surface area (Å²) < 4.78 is 4.84. The maximum absolute atomic E-state index is 11.4. The molecule has 2 atom stereocenters. The number of carbonyl (C=O) groups excluding carboxylic acids is 1. The van der Waals surface area contributed by atoms with E-state index in [4.69, 9.17) is 4.74 Å². The molecule has 2 unspecified atom stereocenters. The lowest BCUT2D eigenvalue weighted by Crippen LogP contribution is -2.41. The summed E-state index contributed by atoms with van der Waals surface area (Å²) >= 11 is 0. The van der Waals surface area contributed by atoms with Crippen LogP contribution in [0.2, 0.25) is 0 Å². The number of carbonyl (C=O) groups is 1. The second kappa shape index (κ2) is 9.36. The van der Waals surface area contributed by atoms with Crippen molar-refractivity contribution >= 4 is 5.91 Å². The molecule has 0 aliphatic carbocycles. The van der Waals surface area contributed by atoms with Crippen LogP contribution in [0.5, 0.6) is 0 Å². The van der Waals surface area contributed by atoms with Crippen LogP contribution >= 0.6 is 0 Å². The summed E-state index contributed by atoms with van der Waals surface area (Å²) in [6.45, 7) is 9.39. The molecule has 0 saturated carbocycles. The Labute approximate surface area is 98.4 Å². The topological polar surface area (TPSA) is 50.4 Å². The summed E-state index contributed by atoms with van der Waals surface area (Å²) in [5.41, 5.74) is 0. The molecule has 0 heterocycles. The molecule has 0 bridgehead atoms. The molecule has 4 heteroatoms. The van der Waals surface area contributed by atoms with Gasteiger partial charge in [-0.05, 0) is 19.3 Å². The van der Waals surface area contributed by atoms with Gasteiger partial charge < -0.3 is 15.4 Å². The van der Waals surface area contributed by atoms with E-state index >= 15 is 0 Å². The number of amides is 1. The SMILES string of the molecule is C=CCC(C)C(C)NCC(=O)NCCOC. The smallest absolute Gasteiger partial charge is 0.234 e. The zero-order valence-corrected chi connectivity index (χ0v) is 10.6. The Bertz CT molecular complexity index is 207. The van der Waals surface area contributed by atoms with Crippen LogP contribution in [0.1, 0.15) is 20.3 Å². The van der Waals surface area contributed by atoms with Gasteiger partial charge in [-0.15, -0.1) is 6.58 Å². The molecule has 0 saturated heterocycles. The molecule has 0 aromatic rings. The fourth-order valence-electron chi connectivity index (χ4n) is 1.28. The van der Waals surface area contributed by atoms with Gasteiger partial charge in [0, 0.05) is 19.7 Å². The van der Waals surface area contributed by atoms with Gasteiger partial charge in [-0.25, -0.2) is 0 Å². The van der Waals surface area contributed by atoms with Gasteiger partial charge >= 0.3 is 0 Å². The molecular weight excluding hydrogens is 204 g/mol. The van der Waals surface area contributed by atoms with E-state index in [1.165, 1.54) is 0 Å². The van der Waals surface area contributed by atoms with Crippen LogP contribution in [0, 0.1) is 5.92 Å². The number of ether oxygens (including phenoxy) is 1. The minimum absolute atomic E-state index is 0.00898. The van der Waals surface area contributed by atoms with Crippen molar-refractivity contribution in [2.45, 2.75) is 26.3 Å². The van der Waals surface area contributed by atoms with Crippen molar-refractivity contribution < 1.29 is 9.53 Å². The fraction of sp³-hybridized carbons (Fsp3) is 0.750. The average Bonchev–Trinajstić information content (AvgIpc) is 2.26. The van der Waals surface area contributed by atoms with Crippen LogP contribution in [-0.4, -0.2) is 38.8 Å². The van der Waals surface area contributed by atoms with Gasteiger partial charge in [0.15, 0.2) is 0 Å². The lowest BCUT2D eigenvalue weighted by molar-refractivity contribution is -0.120. The number of rotatable bonds is 9. The summed E-state index contributed by atoms with van der Waals surface area (Å²) in [6, 6.07) is 0.311. The van der Waals surface area contributed by atoms with Gasteiger partial charge in [-0.2, -0.15) is 0 Å². The molecule has 0 aromatic carbocycles. The number of allylic oxidation sites excluding steroid dienone is 1. The highest BCUT2D eigenvalue weighted by Crippen LogP contribution is 2.07. The summed E-state index contributed by atoms with van der Waals surface area (Å²) in [6.07, 6.45) is 2.86. The van der Waals surface area contributed by atoms with Gasteiger partial charge in [-0.3, -0.25) is 4.79 Å². The second-order valence-corrected chi connectivity index (χ2v) is 4.01. The van der Waals surface area contributed by atoms with E-state index < -0.39 is 0 Å². The van der Waals surface area contributed by atoms with E-state index in [2.05, 4.69) is 31.1 Å². The van der Waals surface area contributed by atoms with E-state index in [0.717, 1.165) is 6.42 Å². The first-order valence-electron chi connectivity index (χ1n) is 5.71. The highest BCUT2D eigenvalue weighted by Gasteiger charge is 2.11. The van der Waals surface area contributed by atoms with Crippen molar-refractivity contribution in [2.75, 3.05) is 26.8 Å². The van der Waals surface area contributed by atoms with Crippen molar-refractivity contribution in [3.63, 3.8) is 0 Å². The Hall–Kier alpha value is -0.870. The Morgan fingerprint density at radius 1 is 1.50 bits per heavy atom. The third-order valence-corrected chi connectivity index (χ3v) is 2.60. The maximum atomic E-state index is 11.4. The van der Waals surface area contributed by atoms with Crippen LogP contribution in [-0.2, 0) is 9.53 Å². The van der Waals surface area contributed by atoms with Gasteiger partial charge in [0.1, 0.15) is 0 Å². The molecule has 0 radical (unpaired) electrons. The summed E-state index contributed by atoms with van der Waals surface area (Å²) in [5, 5.41) is 5.96. The predicted octanol–water partition coefficient (Wildman–Crippen LogP) is 0.939. The molecule has 0 fully saturated rings. The van der Waals surface area contributed by atoms with Gasteiger partial charge in [-0.1, -0.05) is 13.0 Å². The van der Waals surface area contributed by atoms with Gasteiger partial charge in [0.2, 0.25) is 5.91 Å². The largest absolute Gasteiger partial charge is 0.383 e. The monoisotopic (exact) mass is 228 g/mol. The van der Waals surface area contributed by atoms with Crippen LogP contribution < -0.4 is 10.6 Å². The Morgan fingerprint density at radius 2 is 2.19 bits per heavy atom. The van der Waals surface area contributed by atoms with Crippen molar-refractivity contribution in [1.82, 2.24) is 10.6 Å². The molecule has 2 N–H and O–H groups in total. The Kier molecular flexibility index (Phi) is 8.85. The highest BCUT2D eigenvalue weighted by molar-refractivity contribution is 5.77. The fourth-order valence-corrected chi connectivity index (χ4v) is 1.28. The molecule has 1 amide bonds. The first-order valence-corrected chi connectivity index (χ1v) is 5.71. The van der Waals surface area contributed by atoms with Gasteiger partial charge in [0.25, 0.3) is 0 Å². The molecule has 0 spiro atoms. The van der Waals surface area contributed by atoms with E-state index in [-0.39, 0.29) is 5.91 Å². The predicted molar refractivity (Wildman–Crippen MR) is 66.3 cm³/mol. The maximum Gasteiger partial charge on any atom is 0.234 e. The van der Waals surface area contributed by atoms with Crippen LogP contribution in [0.4, 0.5) is 0 Å². The third-order valence-electron chi connectivity index (χ3n) is 2.60. The van der Waals surface area contributed by atoms with Crippen LogP contribution in [0.25, 0.3) is 0 Å². The normalized spacial score (nSPS) is 14.2. The van der Waals surface area contributed by atoms with Crippen LogP contribution in [0.3, 0.4) is 0 Å². The quantitative estimate of drug-likeness (QED) is 0.456. The Balaban J connectivity index is 3.61. The minimum atomic E-state index is 0.00898. The van der Waals surface area contributed by atoms with E-state index in [1.807, 2.05) is 6.08 Å². The number of methoxy groups -OCH3 is 1. The number of hydrogen-bond acceptors (Lipinski definition) is 3. The Morgan fingerprint density at radius 3 is 2.75 bits per heavy atom. The summed E-state index contributed by atoms with van der Waals surface area (Å²) in [7, 11) is 1.61. The van der Waals surface area contributed by atoms with Crippen LogP contribution in [0.15, 0.2) is 12.7 Å². The summed E-state index contributed by atoms with van der Waals surface area (Å²) in [4.78, 5) is 11.4. The molecule has 16 heavy (non-hydrogen) atoms. The lowest BCUT2D eigenvalue weighted by atomic mass is 10.00. The van der Waals surface area contributed by atoms with Crippen molar-refractivity contribution in [2.24, 2.45) is 5.92 Å². The number of hydrogen-bond donors (Lipinski definition) is 2. The third kappa shape index (κ3) is 7.43. The molecule has 0 aromatic heterocycles. The first-order chi connectivity index (χ1) is 7.61. The molecular formula is C12H24N2O2. The lowest BCUT2D eigenvalue weighted by Gasteiger charge is -2.19. The minimum Gasteiger partial charge on any atom is -0.383 e. The van der Waals surface area contributed by atoms with Crippen molar-refractivity contribution in [3.8, 4) is 0 Å². The van der Waals surface area contributed by atoms with E-state index in [9.17, 15) is 4.79 Å². The summed E-state index contributed by atoms with van der Waals surface area (Å²) in [5.74, 6) is 0.499. The van der Waals surface area contributed by atoms with Gasteiger partial charge in [0.05, 0.1) is 13.2 Å². The molecule has 0 aliphatic rings. The average molecular weight is 228 g/mol. The molecule has 0 aliphatic heterocycles. The molecule has 94 valence electrons.